The monoisotopic (exact) mass is 287 g/mol. The molecule has 0 radical (unpaired) electrons. The predicted octanol–water partition coefficient (Wildman–Crippen LogP) is 3.18. The number of carbonyl (C=O) groups is 1. The Balaban J connectivity index is 1.75. The summed E-state index contributed by atoms with van der Waals surface area (Å²) in [6, 6.07) is 12.5. The van der Waals surface area contributed by atoms with Crippen LogP contribution < -0.4 is 5.32 Å². The van der Waals surface area contributed by atoms with E-state index < -0.39 is 0 Å². The molecule has 0 aliphatic rings. The Labute approximate surface area is 125 Å². The number of furan rings is 1. The lowest BCUT2D eigenvalue weighted by atomic mass is 10.1. The predicted molar refractivity (Wildman–Crippen MR) is 81.1 cm³/mol. The van der Waals surface area contributed by atoms with Gasteiger partial charge in [-0.1, -0.05) is 30.3 Å². The van der Waals surface area contributed by atoms with Gasteiger partial charge in [-0.15, -0.1) is 0 Å². The lowest BCUT2D eigenvalue weighted by Gasteiger charge is -2.12. The minimum Gasteiger partial charge on any atom is -0.467 e. The highest BCUT2D eigenvalue weighted by molar-refractivity contribution is 5.88. The van der Waals surface area contributed by atoms with Gasteiger partial charge in [-0.25, -0.2) is 4.79 Å². The molecule has 0 saturated carbocycles. The Hall–Kier alpha value is -2.07. The van der Waals surface area contributed by atoms with E-state index in [0.717, 1.165) is 18.6 Å². The van der Waals surface area contributed by atoms with Crippen LogP contribution in [0.2, 0.25) is 0 Å². The van der Waals surface area contributed by atoms with Gasteiger partial charge in [-0.3, -0.25) is 0 Å². The molecule has 1 aromatic carbocycles. The second-order valence-corrected chi connectivity index (χ2v) is 5.10. The van der Waals surface area contributed by atoms with E-state index in [0.29, 0.717) is 18.2 Å². The highest BCUT2D eigenvalue weighted by Gasteiger charge is 2.10. The van der Waals surface area contributed by atoms with Crippen LogP contribution in [0.3, 0.4) is 0 Å². The van der Waals surface area contributed by atoms with Gasteiger partial charge in [-0.2, -0.15) is 0 Å². The zero-order chi connectivity index (χ0) is 15.1. The molecule has 0 bridgehead atoms. The zero-order valence-corrected chi connectivity index (χ0v) is 12.5. The number of hydrogen-bond acceptors (Lipinski definition) is 4. The molecule has 4 heteroatoms. The maximum atomic E-state index is 11.3. The second-order valence-electron chi connectivity index (χ2n) is 5.10. The minimum absolute atomic E-state index is 0.372. The first-order valence-electron chi connectivity index (χ1n) is 7.12. The molecule has 2 rings (SSSR count). The van der Waals surface area contributed by atoms with Crippen LogP contribution in [0, 0.1) is 0 Å². The van der Waals surface area contributed by atoms with E-state index in [4.69, 9.17) is 4.42 Å². The molecule has 2 aromatic rings. The topological polar surface area (TPSA) is 51.5 Å². The van der Waals surface area contributed by atoms with Gasteiger partial charge in [0, 0.05) is 6.04 Å². The lowest BCUT2D eigenvalue weighted by Crippen LogP contribution is -2.25. The van der Waals surface area contributed by atoms with Crippen molar-refractivity contribution in [2.75, 3.05) is 7.11 Å². The Morgan fingerprint density at radius 3 is 2.81 bits per heavy atom. The van der Waals surface area contributed by atoms with Crippen LogP contribution in [0.5, 0.6) is 0 Å². The molecule has 1 unspecified atom stereocenters. The van der Waals surface area contributed by atoms with Crippen molar-refractivity contribution in [3.8, 4) is 0 Å². The quantitative estimate of drug-likeness (QED) is 0.795. The number of aryl methyl sites for hydroxylation is 1. The third kappa shape index (κ3) is 4.76. The third-order valence-electron chi connectivity index (χ3n) is 3.41. The largest absolute Gasteiger partial charge is 0.467 e. The van der Waals surface area contributed by atoms with E-state index >= 15 is 0 Å². The van der Waals surface area contributed by atoms with Crippen molar-refractivity contribution < 1.29 is 13.9 Å². The zero-order valence-electron chi connectivity index (χ0n) is 12.5. The fourth-order valence-corrected chi connectivity index (χ4v) is 2.10. The van der Waals surface area contributed by atoms with E-state index in [-0.39, 0.29) is 5.97 Å². The number of esters is 1. The van der Waals surface area contributed by atoms with Crippen molar-refractivity contribution in [2.45, 2.75) is 32.4 Å². The van der Waals surface area contributed by atoms with E-state index in [1.165, 1.54) is 18.9 Å². The minimum atomic E-state index is -0.373. The molecule has 1 N–H and O–H groups in total. The molecule has 1 aromatic heterocycles. The summed E-state index contributed by atoms with van der Waals surface area (Å²) in [5, 5.41) is 3.39. The van der Waals surface area contributed by atoms with Crippen molar-refractivity contribution in [1.29, 1.82) is 0 Å². The molecule has 0 amide bonds. The molecule has 0 aliphatic carbocycles. The van der Waals surface area contributed by atoms with E-state index in [2.05, 4.69) is 41.2 Å². The van der Waals surface area contributed by atoms with Crippen molar-refractivity contribution in [1.82, 2.24) is 5.32 Å². The van der Waals surface area contributed by atoms with Gasteiger partial charge >= 0.3 is 5.97 Å². The van der Waals surface area contributed by atoms with Gasteiger partial charge in [0.25, 0.3) is 0 Å². The molecule has 1 heterocycles. The van der Waals surface area contributed by atoms with Crippen LogP contribution in [0.25, 0.3) is 0 Å². The summed E-state index contributed by atoms with van der Waals surface area (Å²) >= 11 is 0. The Kier molecular flexibility index (Phi) is 5.58. The summed E-state index contributed by atoms with van der Waals surface area (Å²) in [5.74, 6) is 0.365. The van der Waals surface area contributed by atoms with Crippen molar-refractivity contribution in [2.24, 2.45) is 0 Å². The Bertz CT molecular complexity index is 562. The van der Waals surface area contributed by atoms with Gasteiger partial charge < -0.3 is 14.5 Å². The molecule has 0 spiro atoms. The highest BCUT2D eigenvalue weighted by atomic mass is 16.5. The van der Waals surface area contributed by atoms with Gasteiger partial charge in [0.2, 0.25) is 0 Å². The first-order chi connectivity index (χ1) is 10.2. The summed E-state index contributed by atoms with van der Waals surface area (Å²) < 4.78 is 9.98. The van der Waals surface area contributed by atoms with Crippen LogP contribution in [0.15, 0.2) is 47.1 Å². The summed E-state index contributed by atoms with van der Waals surface area (Å²) in [4.78, 5) is 11.3. The standard InChI is InChI=1S/C17H21NO3/c1-13(8-9-14-6-4-3-5-7-14)18-11-16-10-15(12-21-16)17(19)20-2/h3-7,10,12-13,18H,8-9,11H2,1-2H3. The second kappa shape index (κ2) is 7.64. The normalized spacial score (nSPS) is 12.1. The number of hydrogen-bond donors (Lipinski definition) is 1. The molecule has 1 atom stereocenters. The van der Waals surface area contributed by atoms with Crippen LogP contribution in [-0.2, 0) is 17.7 Å². The van der Waals surface area contributed by atoms with E-state index in [1.54, 1.807) is 6.07 Å². The van der Waals surface area contributed by atoms with Crippen LogP contribution in [0.1, 0.15) is 35.0 Å². The van der Waals surface area contributed by atoms with E-state index in [9.17, 15) is 4.79 Å². The maximum Gasteiger partial charge on any atom is 0.341 e. The maximum absolute atomic E-state index is 11.3. The number of carbonyl (C=O) groups excluding carboxylic acids is 1. The first-order valence-corrected chi connectivity index (χ1v) is 7.12. The van der Waals surface area contributed by atoms with Gasteiger partial charge in [-0.05, 0) is 31.4 Å². The number of methoxy groups -OCH3 is 1. The lowest BCUT2D eigenvalue weighted by molar-refractivity contribution is 0.0600. The SMILES string of the molecule is COC(=O)c1coc(CNC(C)CCc2ccccc2)c1. The van der Waals surface area contributed by atoms with E-state index in [1.807, 2.05) is 6.07 Å². The molecule has 21 heavy (non-hydrogen) atoms. The smallest absolute Gasteiger partial charge is 0.341 e. The number of benzene rings is 1. The van der Waals surface area contributed by atoms with Gasteiger partial charge in [0.05, 0.1) is 19.2 Å². The average Bonchev–Trinajstić information content (AvgIpc) is 3.00. The fraction of sp³-hybridized carbons (Fsp3) is 0.353. The molecule has 112 valence electrons. The fourth-order valence-electron chi connectivity index (χ4n) is 2.10. The Morgan fingerprint density at radius 1 is 1.33 bits per heavy atom. The summed E-state index contributed by atoms with van der Waals surface area (Å²) in [6.45, 7) is 2.75. The highest BCUT2D eigenvalue weighted by Crippen LogP contribution is 2.10. The third-order valence-corrected chi connectivity index (χ3v) is 3.41. The van der Waals surface area contributed by atoms with Crippen LogP contribution in [-0.4, -0.2) is 19.1 Å². The van der Waals surface area contributed by atoms with Crippen molar-refractivity contribution >= 4 is 5.97 Å². The van der Waals surface area contributed by atoms with Crippen molar-refractivity contribution in [3.05, 3.63) is 59.5 Å². The summed E-state index contributed by atoms with van der Waals surface area (Å²) in [6.07, 6.45) is 3.52. The molecule has 0 saturated heterocycles. The molecule has 4 nitrogen and oxygen atoms in total. The number of rotatable bonds is 7. The summed E-state index contributed by atoms with van der Waals surface area (Å²) in [5.41, 5.74) is 1.79. The number of nitrogens with one attached hydrogen (secondary N) is 1. The molecular formula is C17H21NO3. The van der Waals surface area contributed by atoms with Crippen LogP contribution in [0.4, 0.5) is 0 Å². The van der Waals surface area contributed by atoms with Gasteiger partial charge in [0.15, 0.2) is 0 Å². The Morgan fingerprint density at radius 2 is 2.10 bits per heavy atom. The molecule has 0 aliphatic heterocycles. The molecular weight excluding hydrogens is 266 g/mol. The van der Waals surface area contributed by atoms with Crippen LogP contribution >= 0.6 is 0 Å². The van der Waals surface area contributed by atoms with Crippen molar-refractivity contribution in [3.63, 3.8) is 0 Å². The molecule has 0 fully saturated rings. The first kappa shape index (κ1) is 15.3. The average molecular weight is 287 g/mol. The number of ether oxygens (including phenoxy) is 1. The van der Waals surface area contributed by atoms with Gasteiger partial charge in [0.1, 0.15) is 12.0 Å². The summed E-state index contributed by atoms with van der Waals surface area (Å²) in [7, 11) is 1.36.